The number of hydrogen-bond donors (Lipinski definition) is 14. The van der Waals surface area contributed by atoms with Crippen molar-refractivity contribution in [1.82, 2.24) is 76.8 Å². The van der Waals surface area contributed by atoms with E-state index >= 15 is 0 Å². The summed E-state index contributed by atoms with van der Waals surface area (Å²) in [5.74, 6) is 8.29. The summed E-state index contributed by atoms with van der Waals surface area (Å²) in [6, 6.07) is 0. The molecule has 0 amide bonds. The van der Waals surface area contributed by atoms with Crippen molar-refractivity contribution >= 4 is 53.5 Å². The van der Waals surface area contributed by atoms with Gasteiger partial charge in [0.15, 0.2) is 0 Å². The van der Waals surface area contributed by atoms with E-state index in [9.17, 15) is 0 Å². The van der Waals surface area contributed by atoms with Crippen LogP contribution in [0.25, 0.3) is 0 Å². The molecule has 6 saturated heterocycles. The summed E-state index contributed by atoms with van der Waals surface area (Å²) in [7, 11) is 0. The molecule has 0 saturated carbocycles. The number of piperidine rings is 6. The van der Waals surface area contributed by atoms with Crippen LogP contribution in [0.3, 0.4) is 0 Å². The van der Waals surface area contributed by atoms with Gasteiger partial charge >= 0.3 is 0 Å². The van der Waals surface area contributed by atoms with Crippen molar-refractivity contribution in [3.8, 4) is 0 Å². The van der Waals surface area contributed by atoms with Gasteiger partial charge in [-0.2, -0.15) is 44.9 Å². The van der Waals surface area contributed by atoms with E-state index < -0.39 is 0 Å². The first kappa shape index (κ1) is 82.1. The Kier molecular flexibility index (Phi) is 25.8. The third-order valence-electron chi connectivity index (χ3n) is 22.2. The summed E-state index contributed by atoms with van der Waals surface area (Å²) >= 11 is 0. The van der Waals surface area contributed by atoms with E-state index in [1.165, 1.54) is 0 Å². The van der Waals surface area contributed by atoms with E-state index in [1.54, 1.807) is 0 Å². The van der Waals surface area contributed by atoms with Crippen LogP contribution in [0, 0.1) is 35.5 Å². The highest BCUT2D eigenvalue weighted by Gasteiger charge is 2.43. The highest BCUT2D eigenvalue weighted by atomic mass is 15.4. The normalized spacial score (nSPS) is 24.2. The second-order valence-electron chi connectivity index (χ2n) is 41.0. The van der Waals surface area contributed by atoms with Crippen LogP contribution in [-0.4, -0.2) is 177 Å². The van der Waals surface area contributed by atoms with Crippen molar-refractivity contribution in [2.45, 2.75) is 348 Å². The number of aromatic nitrogens is 9. The summed E-state index contributed by atoms with van der Waals surface area (Å²) in [6.07, 6.45) is 19.4. The minimum Gasteiger partial charge on any atom is -0.354 e. The first-order chi connectivity index (χ1) is 47.6. The fourth-order valence-electron chi connectivity index (χ4n) is 21.6. The standard InChI is InChI=1S/C79H148N24/c1-68(2)41-53(42-69(3,4)97-68)25-31-80-59-88-60(81-32-26-54-43-70(5,6)98-71(7,8)44-54)91-63(90-59)86-37-39-103(67-95-65(84-35-29-57-49-76(17,18)101-77(19,20)50-57)94-66(96-67)85-36-30-58-51-78(21,22)102-79(23,24)52-58)40-38-87-64-92-61(82-33-27-55-45-72(9,10)99-73(11,12)46-55)89-62(93-64)83-34-28-56-47-74(13,14)100-75(15,16)48-56/h53-58,97-102H,25-52H2,1-24H3,(H2,84,85,94,95,96)(H3,80,81,86,88,90,91)(H3,82,83,87,89,92,93). The van der Waals surface area contributed by atoms with E-state index in [1.807, 2.05) is 0 Å². The Bertz CT molecular complexity index is 2780. The molecule has 0 atom stereocenters. The monoisotopic (exact) mass is 1430 g/mol. The molecule has 6 aliphatic rings. The molecular weight excluding hydrogens is 1290 g/mol. The maximum absolute atomic E-state index is 5.32. The molecule has 0 aromatic carbocycles. The predicted octanol–water partition coefficient (Wildman–Crippen LogP) is 13.4. The summed E-state index contributed by atoms with van der Waals surface area (Å²) in [6.45, 7) is 62.4. The van der Waals surface area contributed by atoms with Gasteiger partial charge in [0.1, 0.15) is 0 Å². The van der Waals surface area contributed by atoms with Gasteiger partial charge in [-0.3, -0.25) is 0 Å². The van der Waals surface area contributed by atoms with Crippen LogP contribution in [0.4, 0.5) is 53.5 Å². The number of anilines is 9. The summed E-state index contributed by atoms with van der Waals surface area (Å²) in [5.41, 5.74) is 0.733. The van der Waals surface area contributed by atoms with Gasteiger partial charge in [-0.15, -0.1) is 0 Å². The van der Waals surface area contributed by atoms with Crippen LogP contribution in [0.2, 0.25) is 0 Å². The third kappa shape index (κ3) is 27.3. The summed E-state index contributed by atoms with van der Waals surface area (Å²) in [5, 5.41) is 52.7. The minimum absolute atomic E-state index is 0.0495. The van der Waals surface area contributed by atoms with Gasteiger partial charge in [0.2, 0.25) is 53.5 Å². The average molecular weight is 1430 g/mol. The van der Waals surface area contributed by atoms with Gasteiger partial charge < -0.3 is 79.3 Å². The Balaban J connectivity index is 0.988. The summed E-state index contributed by atoms with van der Waals surface area (Å²) < 4.78 is 0. The molecule has 24 heteroatoms. The second kappa shape index (κ2) is 32.4. The van der Waals surface area contributed by atoms with Gasteiger partial charge in [-0.1, -0.05) is 0 Å². The molecule has 6 fully saturated rings. The smallest absolute Gasteiger partial charge is 0.232 e. The molecule has 0 aliphatic carbocycles. The van der Waals surface area contributed by atoms with Crippen LogP contribution >= 0.6 is 0 Å². The Morgan fingerprint density at radius 1 is 0.223 bits per heavy atom. The zero-order valence-corrected chi connectivity index (χ0v) is 69.2. The number of rotatable bonds is 33. The zero-order valence-electron chi connectivity index (χ0n) is 69.2. The number of nitrogens with one attached hydrogen (secondary N) is 14. The lowest BCUT2D eigenvalue weighted by Crippen LogP contribution is -2.57. The number of hydrogen-bond acceptors (Lipinski definition) is 24. The largest absolute Gasteiger partial charge is 0.354 e. The lowest BCUT2D eigenvalue weighted by atomic mass is 9.75. The van der Waals surface area contributed by atoms with Crippen LogP contribution in [0.1, 0.15) is 282 Å². The zero-order chi connectivity index (χ0) is 75.3. The summed E-state index contributed by atoms with van der Waals surface area (Å²) in [4.78, 5) is 48.4. The van der Waals surface area contributed by atoms with E-state index in [-0.39, 0.29) is 66.5 Å². The van der Waals surface area contributed by atoms with Gasteiger partial charge in [0, 0.05) is 132 Å². The highest BCUT2D eigenvalue weighted by molar-refractivity contribution is 5.47. The molecule has 3 aromatic heterocycles. The van der Waals surface area contributed by atoms with Gasteiger partial charge in [0.05, 0.1) is 0 Å². The molecule has 0 radical (unpaired) electrons. The molecule has 0 bridgehead atoms. The minimum atomic E-state index is 0.0495. The SMILES string of the molecule is CC1(C)CC(CCNc2nc(NCCC3CC(C)(C)NC(C)(C)C3)nc(NCCN(CCNc3nc(NCCC4CC(C)(C)NC(C)(C)C4)nc(NCCC4CC(C)(C)NC(C)(C)C4)n3)c3nc(NCCC4CC(C)(C)NC(C)(C)C4)nc(NCCC4CC(C)(C)NC(C)(C)C4)n3)n2)CC(C)(C)N1. The molecule has 3 aromatic rings. The fourth-order valence-corrected chi connectivity index (χ4v) is 21.6. The highest BCUT2D eigenvalue weighted by Crippen LogP contribution is 2.41. The molecule has 24 nitrogen and oxygen atoms in total. The van der Waals surface area contributed by atoms with Crippen molar-refractivity contribution in [2.75, 3.05) is 113 Å². The lowest BCUT2D eigenvalue weighted by molar-refractivity contribution is 0.125. The van der Waals surface area contributed by atoms with E-state index in [4.69, 9.17) is 44.9 Å². The quantitative estimate of drug-likeness (QED) is 0.0270. The fraction of sp³-hybridized carbons (Fsp3) is 0.886. The maximum Gasteiger partial charge on any atom is 0.232 e. The van der Waals surface area contributed by atoms with E-state index in [2.05, 4.69) is 246 Å². The van der Waals surface area contributed by atoms with E-state index in [0.717, 1.165) is 155 Å². The molecule has 0 unspecified atom stereocenters. The molecule has 103 heavy (non-hydrogen) atoms. The first-order valence-electron chi connectivity index (χ1n) is 40.3. The van der Waals surface area contributed by atoms with Crippen LogP contribution in [0.15, 0.2) is 0 Å². The Morgan fingerprint density at radius 3 is 0.515 bits per heavy atom. The van der Waals surface area contributed by atoms with Gasteiger partial charge in [-0.05, 0) is 317 Å². The molecule has 9 rings (SSSR count). The maximum atomic E-state index is 5.32. The Labute approximate surface area is 623 Å². The third-order valence-corrected chi connectivity index (χ3v) is 22.2. The van der Waals surface area contributed by atoms with Crippen LogP contribution < -0.4 is 79.3 Å². The molecule has 584 valence electrons. The van der Waals surface area contributed by atoms with Gasteiger partial charge in [0.25, 0.3) is 0 Å². The van der Waals surface area contributed by atoms with Gasteiger partial charge in [-0.25, -0.2) is 0 Å². The molecular formula is C79H148N24. The van der Waals surface area contributed by atoms with Crippen molar-refractivity contribution in [3.63, 3.8) is 0 Å². The van der Waals surface area contributed by atoms with Crippen molar-refractivity contribution in [2.24, 2.45) is 35.5 Å². The van der Waals surface area contributed by atoms with Crippen molar-refractivity contribution in [3.05, 3.63) is 0 Å². The molecule has 0 spiro atoms. The topological polar surface area (TPSA) is 288 Å². The van der Waals surface area contributed by atoms with Crippen LogP contribution in [0.5, 0.6) is 0 Å². The molecule has 14 N–H and O–H groups in total. The average Bonchev–Trinajstić information content (AvgIpc) is 0.834. The van der Waals surface area contributed by atoms with Crippen molar-refractivity contribution in [1.29, 1.82) is 0 Å². The first-order valence-corrected chi connectivity index (χ1v) is 40.3. The molecule has 9 heterocycles. The number of nitrogens with zero attached hydrogens (tertiary/aromatic N) is 10. The lowest BCUT2D eigenvalue weighted by Gasteiger charge is -2.46. The predicted molar refractivity (Wildman–Crippen MR) is 431 cm³/mol. The second-order valence-corrected chi connectivity index (χ2v) is 41.0. The Morgan fingerprint density at radius 2 is 0.359 bits per heavy atom. The Hall–Kier alpha value is -5.01. The van der Waals surface area contributed by atoms with E-state index in [0.29, 0.717) is 115 Å². The molecule has 6 aliphatic heterocycles. The van der Waals surface area contributed by atoms with Crippen LogP contribution in [-0.2, 0) is 0 Å². The van der Waals surface area contributed by atoms with Crippen molar-refractivity contribution < 1.29 is 0 Å².